The first-order valence-corrected chi connectivity index (χ1v) is 8.14. The monoisotopic (exact) mass is 377 g/mol. The Morgan fingerprint density at radius 3 is 2.65 bits per heavy atom. The van der Waals surface area contributed by atoms with Crippen molar-refractivity contribution < 1.29 is 14.6 Å². The highest BCUT2D eigenvalue weighted by Crippen LogP contribution is 2.26. The molecule has 5 heteroatoms. The number of amides is 1. The highest BCUT2D eigenvalue weighted by atomic mass is 79.9. The molecule has 0 bridgehead atoms. The molecule has 1 N–H and O–H groups in total. The lowest BCUT2D eigenvalue weighted by Crippen LogP contribution is -2.26. The summed E-state index contributed by atoms with van der Waals surface area (Å²) in [5.41, 5.74) is 1.98. The van der Waals surface area contributed by atoms with Gasteiger partial charge in [0.1, 0.15) is 0 Å². The number of aryl methyl sites for hydroxylation is 1. The molecule has 0 aliphatic carbocycles. The molecule has 0 aliphatic rings. The van der Waals surface area contributed by atoms with Gasteiger partial charge in [0.2, 0.25) is 5.91 Å². The van der Waals surface area contributed by atoms with Crippen LogP contribution in [0.4, 0.5) is 0 Å². The number of hydrogen-bond donors (Lipinski definition) is 1. The number of methoxy groups -OCH3 is 1. The lowest BCUT2D eigenvalue weighted by molar-refractivity contribution is -0.130. The summed E-state index contributed by atoms with van der Waals surface area (Å²) in [7, 11) is 3.27. The van der Waals surface area contributed by atoms with Crippen molar-refractivity contribution in [2.75, 3.05) is 14.2 Å². The van der Waals surface area contributed by atoms with E-state index in [9.17, 15) is 9.90 Å². The van der Waals surface area contributed by atoms with Crippen LogP contribution in [0.15, 0.2) is 46.9 Å². The maximum absolute atomic E-state index is 12.3. The molecule has 0 saturated carbocycles. The largest absolute Gasteiger partial charge is 0.504 e. The number of ether oxygens (including phenoxy) is 1. The highest BCUT2D eigenvalue weighted by Gasteiger charge is 2.11. The van der Waals surface area contributed by atoms with Crippen molar-refractivity contribution in [1.82, 2.24) is 4.90 Å². The van der Waals surface area contributed by atoms with E-state index in [-0.39, 0.29) is 11.7 Å². The molecule has 2 aromatic carbocycles. The molecule has 0 radical (unpaired) electrons. The van der Waals surface area contributed by atoms with Crippen LogP contribution in [-0.2, 0) is 17.8 Å². The van der Waals surface area contributed by atoms with Gasteiger partial charge in [-0.3, -0.25) is 4.79 Å². The van der Waals surface area contributed by atoms with E-state index in [1.807, 2.05) is 30.3 Å². The zero-order valence-electron chi connectivity index (χ0n) is 13.3. The topological polar surface area (TPSA) is 49.8 Å². The van der Waals surface area contributed by atoms with E-state index in [2.05, 4.69) is 15.9 Å². The number of carbonyl (C=O) groups is 1. The maximum atomic E-state index is 12.3. The fraction of sp³-hybridized carbons (Fsp3) is 0.278. The summed E-state index contributed by atoms with van der Waals surface area (Å²) in [4.78, 5) is 13.9. The number of hydrogen-bond acceptors (Lipinski definition) is 3. The number of aromatic hydroxyl groups is 1. The van der Waals surface area contributed by atoms with Crippen LogP contribution in [-0.4, -0.2) is 30.1 Å². The van der Waals surface area contributed by atoms with E-state index in [4.69, 9.17) is 4.74 Å². The number of rotatable bonds is 6. The summed E-state index contributed by atoms with van der Waals surface area (Å²) in [6.07, 6.45) is 1.14. The van der Waals surface area contributed by atoms with Gasteiger partial charge in [0.25, 0.3) is 0 Å². The SMILES string of the molecule is COc1ccc(CN(C)C(=O)CCc2ccccc2Br)cc1O. The first kappa shape index (κ1) is 17.3. The molecule has 0 spiro atoms. The fourth-order valence-corrected chi connectivity index (χ4v) is 2.81. The number of phenols is 1. The Morgan fingerprint density at radius 1 is 1.26 bits per heavy atom. The molecule has 0 saturated heterocycles. The van der Waals surface area contributed by atoms with E-state index in [0.717, 1.165) is 15.6 Å². The average Bonchev–Trinajstić information content (AvgIpc) is 2.54. The van der Waals surface area contributed by atoms with Crippen LogP contribution >= 0.6 is 15.9 Å². The molecule has 0 aromatic heterocycles. The number of benzene rings is 2. The molecular weight excluding hydrogens is 358 g/mol. The average molecular weight is 378 g/mol. The number of halogens is 1. The van der Waals surface area contributed by atoms with Gasteiger partial charge in [0.15, 0.2) is 11.5 Å². The molecule has 2 rings (SSSR count). The van der Waals surface area contributed by atoms with Crippen molar-refractivity contribution in [2.45, 2.75) is 19.4 Å². The minimum Gasteiger partial charge on any atom is -0.504 e. The van der Waals surface area contributed by atoms with Crippen molar-refractivity contribution in [3.63, 3.8) is 0 Å². The molecule has 0 fully saturated rings. The third kappa shape index (κ3) is 4.73. The van der Waals surface area contributed by atoms with Crippen molar-refractivity contribution in [3.05, 3.63) is 58.1 Å². The molecule has 0 aliphatic heterocycles. The standard InChI is InChI=1S/C18H20BrNO3/c1-20(12-13-7-9-17(23-2)16(21)11-13)18(22)10-8-14-5-3-4-6-15(14)19/h3-7,9,11,21H,8,10,12H2,1-2H3. The lowest BCUT2D eigenvalue weighted by Gasteiger charge is -2.18. The normalized spacial score (nSPS) is 10.4. The van der Waals surface area contributed by atoms with Gasteiger partial charge in [-0.15, -0.1) is 0 Å². The van der Waals surface area contributed by atoms with Crippen molar-refractivity contribution in [2.24, 2.45) is 0 Å². The van der Waals surface area contributed by atoms with E-state index in [0.29, 0.717) is 25.1 Å². The Morgan fingerprint density at radius 2 is 2.00 bits per heavy atom. The zero-order chi connectivity index (χ0) is 16.8. The summed E-state index contributed by atoms with van der Waals surface area (Å²) in [5, 5.41) is 9.79. The van der Waals surface area contributed by atoms with Gasteiger partial charge in [0, 0.05) is 24.5 Å². The molecular formula is C18H20BrNO3. The van der Waals surface area contributed by atoms with Gasteiger partial charge in [-0.25, -0.2) is 0 Å². The second-order valence-corrected chi connectivity index (χ2v) is 6.20. The minimum atomic E-state index is 0.0658. The van der Waals surface area contributed by atoms with Gasteiger partial charge >= 0.3 is 0 Å². The first-order valence-electron chi connectivity index (χ1n) is 7.34. The molecule has 4 nitrogen and oxygen atoms in total. The van der Waals surface area contributed by atoms with E-state index >= 15 is 0 Å². The van der Waals surface area contributed by atoms with Gasteiger partial charge in [-0.1, -0.05) is 40.2 Å². The molecule has 122 valence electrons. The van der Waals surface area contributed by atoms with Crippen molar-refractivity contribution in [3.8, 4) is 11.5 Å². The summed E-state index contributed by atoms with van der Waals surface area (Å²) < 4.78 is 6.04. The van der Waals surface area contributed by atoms with Gasteiger partial charge < -0.3 is 14.7 Å². The Bertz CT molecular complexity index is 688. The predicted molar refractivity (Wildman–Crippen MR) is 93.6 cm³/mol. The third-order valence-corrected chi connectivity index (χ3v) is 4.43. The second kappa shape index (κ2) is 8.02. The first-order chi connectivity index (χ1) is 11.0. The Labute approximate surface area is 144 Å². The Kier molecular flexibility index (Phi) is 6.04. The predicted octanol–water partition coefficient (Wildman–Crippen LogP) is 3.75. The lowest BCUT2D eigenvalue weighted by atomic mass is 10.1. The molecule has 1 amide bonds. The van der Waals surface area contributed by atoms with Crippen molar-refractivity contribution >= 4 is 21.8 Å². The summed E-state index contributed by atoms with van der Waals surface area (Å²) in [5.74, 6) is 0.576. The summed E-state index contributed by atoms with van der Waals surface area (Å²) in [6.45, 7) is 0.451. The van der Waals surface area contributed by atoms with Gasteiger partial charge in [0.05, 0.1) is 7.11 Å². The van der Waals surface area contributed by atoms with E-state index < -0.39 is 0 Å². The highest BCUT2D eigenvalue weighted by molar-refractivity contribution is 9.10. The van der Waals surface area contributed by atoms with E-state index in [1.165, 1.54) is 7.11 Å². The Hall–Kier alpha value is -2.01. The summed E-state index contributed by atoms with van der Waals surface area (Å²) >= 11 is 3.49. The number of carbonyl (C=O) groups excluding carboxylic acids is 1. The molecule has 23 heavy (non-hydrogen) atoms. The molecule has 0 heterocycles. The van der Waals surface area contributed by atoms with E-state index in [1.54, 1.807) is 24.1 Å². The third-order valence-electron chi connectivity index (χ3n) is 3.65. The molecule has 0 unspecified atom stereocenters. The zero-order valence-corrected chi connectivity index (χ0v) is 14.8. The maximum Gasteiger partial charge on any atom is 0.222 e. The van der Waals surface area contributed by atoms with Crippen LogP contribution in [0.3, 0.4) is 0 Å². The van der Waals surface area contributed by atoms with Crippen LogP contribution in [0.1, 0.15) is 17.5 Å². The van der Waals surface area contributed by atoms with Gasteiger partial charge in [-0.2, -0.15) is 0 Å². The number of phenolic OH excluding ortho intramolecular Hbond substituents is 1. The number of nitrogens with zero attached hydrogens (tertiary/aromatic N) is 1. The van der Waals surface area contributed by atoms with Gasteiger partial charge in [-0.05, 0) is 35.7 Å². The minimum absolute atomic E-state index is 0.0658. The smallest absolute Gasteiger partial charge is 0.222 e. The summed E-state index contributed by atoms with van der Waals surface area (Å²) in [6, 6.07) is 13.1. The fourth-order valence-electron chi connectivity index (χ4n) is 2.33. The Balaban J connectivity index is 1.92. The molecule has 2 aromatic rings. The van der Waals surface area contributed by atoms with Crippen LogP contribution in [0, 0.1) is 0 Å². The van der Waals surface area contributed by atoms with Crippen LogP contribution < -0.4 is 4.74 Å². The second-order valence-electron chi connectivity index (χ2n) is 5.35. The molecule has 0 atom stereocenters. The van der Waals surface area contributed by atoms with Crippen LogP contribution in [0.2, 0.25) is 0 Å². The van der Waals surface area contributed by atoms with Crippen molar-refractivity contribution in [1.29, 1.82) is 0 Å². The quantitative estimate of drug-likeness (QED) is 0.833. The van der Waals surface area contributed by atoms with Crippen LogP contribution in [0.25, 0.3) is 0 Å². The van der Waals surface area contributed by atoms with Crippen LogP contribution in [0.5, 0.6) is 11.5 Å².